The van der Waals surface area contributed by atoms with Crippen molar-refractivity contribution < 1.29 is 8.78 Å². The predicted molar refractivity (Wildman–Crippen MR) is 64.6 cm³/mol. The van der Waals surface area contributed by atoms with Gasteiger partial charge in [-0.3, -0.25) is 0 Å². The van der Waals surface area contributed by atoms with Gasteiger partial charge in [-0.1, -0.05) is 26.8 Å². The lowest BCUT2D eigenvalue weighted by atomic mass is 9.86. The Kier molecular flexibility index (Phi) is 5.36. The van der Waals surface area contributed by atoms with Crippen LogP contribution < -0.4 is 5.73 Å². The van der Waals surface area contributed by atoms with Crippen molar-refractivity contribution in [1.82, 2.24) is 0 Å². The molecule has 1 unspecified atom stereocenters. The third-order valence-electron chi connectivity index (χ3n) is 2.19. The number of rotatable bonds is 2. The van der Waals surface area contributed by atoms with E-state index in [2.05, 4.69) is 0 Å². The average molecular weight is 250 g/mol. The zero-order valence-electron chi connectivity index (χ0n) is 9.76. The van der Waals surface area contributed by atoms with Gasteiger partial charge >= 0.3 is 0 Å². The smallest absolute Gasteiger partial charge is 0.130 e. The Balaban J connectivity index is 0.00000225. The van der Waals surface area contributed by atoms with Crippen LogP contribution in [-0.4, -0.2) is 0 Å². The van der Waals surface area contributed by atoms with E-state index in [4.69, 9.17) is 5.73 Å². The summed E-state index contributed by atoms with van der Waals surface area (Å²) in [6.45, 7) is 6.11. The molecule has 1 nitrogen and oxygen atoms in total. The second kappa shape index (κ2) is 5.60. The fraction of sp³-hybridized carbons (Fsp3) is 0.500. The molecular weight excluding hydrogens is 232 g/mol. The average Bonchev–Trinajstić information content (AvgIpc) is 1.99. The van der Waals surface area contributed by atoms with Crippen LogP contribution in [0.3, 0.4) is 0 Å². The van der Waals surface area contributed by atoms with E-state index >= 15 is 0 Å². The van der Waals surface area contributed by atoms with Gasteiger partial charge in [-0.25, -0.2) is 8.78 Å². The Morgan fingerprint density at radius 1 is 1.25 bits per heavy atom. The van der Waals surface area contributed by atoms with Crippen LogP contribution >= 0.6 is 12.4 Å². The maximum atomic E-state index is 13.4. The van der Waals surface area contributed by atoms with Crippen molar-refractivity contribution in [3.05, 3.63) is 35.4 Å². The van der Waals surface area contributed by atoms with Crippen molar-refractivity contribution in [2.75, 3.05) is 0 Å². The maximum Gasteiger partial charge on any atom is 0.130 e. The van der Waals surface area contributed by atoms with Crippen LogP contribution in [0.1, 0.15) is 38.8 Å². The van der Waals surface area contributed by atoms with Gasteiger partial charge < -0.3 is 5.73 Å². The van der Waals surface area contributed by atoms with Crippen molar-refractivity contribution in [2.24, 2.45) is 11.1 Å². The minimum Gasteiger partial charge on any atom is -0.324 e. The lowest BCUT2D eigenvalue weighted by Crippen LogP contribution is -2.19. The molecule has 0 aliphatic rings. The first-order valence-electron chi connectivity index (χ1n) is 5.00. The summed E-state index contributed by atoms with van der Waals surface area (Å²) in [5.74, 6) is -1.13. The molecule has 0 aromatic heterocycles. The van der Waals surface area contributed by atoms with Gasteiger partial charge in [0.25, 0.3) is 0 Å². The summed E-state index contributed by atoms with van der Waals surface area (Å²) >= 11 is 0. The maximum absolute atomic E-state index is 13.4. The molecule has 0 heterocycles. The van der Waals surface area contributed by atoms with Crippen LogP contribution in [0.25, 0.3) is 0 Å². The van der Waals surface area contributed by atoms with E-state index in [0.717, 1.165) is 6.07 Å². The topological polar surface area (TPSA) is 26.0 Å². The first-order valence-corrected chi connectivity index (χ1v) is 5.00. The molecule has 0 radical (unpaired) electrons. The van der Waals surface area contributed by atoms with Gasteiger partial charge in [0, 0.05) is 17.7 Å². The normalized spacial score (nSPS) is 13.1. The van der Waals surface area contributed by atoms with Gasteiger partial charge in [0.15, 0.2) is 0 Å². The largest absolute Gasteiger partial charge is 0.324 e. The van der Waals surface area contributed by atoms with Crippen LogP contribution in [0, 0.1) is 17.0 Å². The lowest BCUT2D eigenvalue weighted by molar-refractivity contribution is 0.338. The van der Waals surface area contributed by atoms with Crippen molar-refractivity contribution in [1.29, 1.82) is 0 Å². The molecule has 1 aromatic rings. The van der Waals surface area contributed by atoms with E-state index in [1.807, 2.05) is 20.8 Å². The lowest BCUT2D eigenvalue weighted by Gasteiger charge is -2.23. The van der Waals surface area contributed by atoms with Gasteiger partial charge in [-0.15, -0.1) is 12.4 Å². The van der Waals surface area contributed by atoms with Gasteiger partial charge in [0.2, 0.25) is 0 Å². The monoisotopic (exact) mass is 249 g/mol. The van der Waals surface area contributed by atoms with Crippen molar-refractivity contribution in [2.45, 2.75) is 33.2 Å². The molecule has 0 bridgehead atoms. The summed E-state index contributed by atoms with van der Waals surface area (Å²) in [4.78, 5) is 0. The molecule has 1 rings (SSSR count). The van der Waals surface area contributed by atoms with Gasteiger partial charge in [0.1, 0.15) is 11.6 Å². The zero-order chi connectivity index (χ0) is 11.6. The van der Waals surface area contributed by atoms with Gasteiger partial charge in [-0.2, -0.15) is 0 Å². The molecule has 0 saturated carbocycles. The molecule has 0 saturated heterocycles. The van der Waals surface area contributed by atoms with Crippen LogP contribution in [0.2, 0.25) is 0 Å². The Bertz CT molecular complexity index is 347. The van der Waals surface area contributed by atoms with Crippen molar-refractivity contribution in [3.8, 4) is 0 Å². The summed E-state index contributed by atoms with van der Waals surface area (Å²) in [5.41, 5.74) is 6.28. The first-order chi connectivity index (χ1) is 6.79. The SMILES string of the molecule is CC(C)(C)CC(N)c1ccc(F)cc1F.Cl. The van der Waals surface area contributed by atoms with Gasteiger partial charge in [0.05, 0.1) is 0 Å². The highest BCUT2D eigenvalue weighted by Gasteiger charge is 2.19. The summed E-state index contributed by atoms with van der Waals surface area (Å²) < 4.78 is 26.0. The third kappa shape index (κ3) is 4.45. The molecule has 2 N–H and O–H groups in total. The molecule has 16 heavy (non-hydrogen) atoms. The Morgan fingerprint density at radius 3 is 2.25 bits per heavy atom. The molecule has 0 spiro atoms. The third-order valence-corrected chi connectivity index (χ3v) is 2.19. The molecule has 1 aromatic carbocycles. The van der Waals surface area contributed by atoms with Crippen LogP contribution in [0.15, 0.2) is 18.2 Å². The summed E-state index contributed by atoms with van der Waals surface area (Å²) in [5, 5.41) is 0. The van der Waals surface area contributed by atoms with E-state index in [1.165, 1.54) is 12.1 Å². The first kappa shape index (κ1) is 15.3. The summed E-state index contributed by atoms with van der Waals surface area (Å²) in [6, 6.07) is 3.14. The van der Waals surface area contributed by atoms with Crippen LogP contribution in [0.4, 0.5) is 8.78 Å². The van der Waals surface area contributed by atoms with E-state index in [9.17, 15) is 8.78 Å². The molecule has 0 aliphatic carbocycles. The number of nitrogens with two attached hydrogens (primary N) is 1. The van der Waals surface area contributed by atoms with E-state index in [0.29, 0.717) is 12.0 Å². The van der Waals surface area contributed by atoms with E-state index in [1.54, 1.807) is 0 Å². The predicted octanol–water partition coefficient (Wildman–Crippen LogP) is 3.82. The second-order valence-corrected chi connectivity index (χ2v) is 5.04. The van der Waals surface area contributed by atoms with E-state index in [-0.39, 0.29) is 23.9 Å². The standard InChI is InChI=1S/C12H17F2N.ClH/c1-12(2,3)7-11(15)9-5-4-8(13)6-10(9)14;/h4-6,11H,7,15H2,1-3H3;1H. The minimum absolute atomic E-state index is 0. The number of hydrogen-bond acceptors (Lipinski definition) is 1. The zero-order valence-corrected chi connectivity index (χ0v) is 10.6. The highest BCUT2D eigenvalue weighted by molar-refractivity contribution is 5.85. The molecule has 0 fully saturated rings. The fourth-order valence-corrected chi connectivity index (χ4v) is 1.57. The minimum atomic E-state index is -0.570. The second-order valence-electron chi connectivity index (χ2n) is 5.04. The number of halogens is 3. The molecule has 0 aliphatic heterocycles. The molecular formula is C12H18ClF2N. The van der Waals surface area contributed by atoms with Crippen molar-refractivity contribution in [3.63, 3.8) is 0 Å². The number of benzene rings is 1. The summed E-state index contributed by atoms with van der Waals surface area (Å²) in [6.07, 6.45) is 0.662. The highest BCUT2D eigenvalue weighted by atomic mass is 35.5. The fourth-order valence-electron chi connectivity index (χ4n) is 1.57. The Morgan fingerprint density at radius 2 is 1.81 bits per heavy atom. The quantitative estimate of drug-likeness (QED) is 0.847. The molecule has 4 heteroatoms. The molecule has 1 atom stereocenters. The van der Waals surface area contributed by atoms with Crippen LogP contribution in [-0.2, 0) is 0 Å². The number of hydrogen-bond donors (Lipinski definition) is 1. The molecule has 0 amide bonds. The van der Waals surface area contributed by atoms with Gasteiger partial charge in [-0.05, 0) is 17.9 Å². The van der Waals surface area contributed by atoms with Crippen molar-refractivity contribution >= 4 is 12.4 Å². The Hall–Kier alpha value is -0.670. The summed E-state index contributed by atoms with van der Waals surface area (Å²) in [7, 11) is 0. The van der Waals surface area contributed by atoms with Crippen LogP contribution in [0.5, 0.6) is 0 Å². The Labute approximate surface area is 101 Å². The highest BCUT2D eigenvalue weighted by Crippen LogP contribution is 2.28. The molecule has 92 valence electrons. The van der Waals surface area contributed by atoms with E-state index < -0.39 is 11.6 Å².